The van der Waals surface area contributed by atoms with Crippen LogP contribution in [0.15, 0.2) is 42.5 Å². The zero-order valence-corrected chi connectivity index (χ0v) is 15.8. The molecule has 2 aromatic carbocycles. The number of aryl methyl sites for hydroxylation is 2. The topological polar surface area (TPSA) is 38.8 Å². The van der Waals surface area contributed by atoms with Gasteiger partial charge in [-0.25, -0.2) is 0 Å². The molecule has 0 N–H and O–H groups in total. The molecule has 0 radical (unpaired) electrons. The van der Waals surface area contributed by atoms with E-state index in [4.69, 9.17) is 9.47 Å². The van der Waals surface area contributed by atoms with Crippen LogP contribution >= 0.6 is 0 Å². The van der Waals surface area contributed by atoms with Crippen LogP contribution in [0.2, 0.25) is 0 Å². The van der Waals surface area contributed by atoms with Gasteiger partial charge in [0.25, 0.3) is 5.91 Å². The van der Waals surface area contributed by atoms with Crippen LogP contribution in [0.5, 0.6) is 5.75 Å². The van der Waals surface area contributed by atoms with Gasteiger partial charge >= 0.3 is 0 Å². The minimum atomic E-state index is -0.0120. The van der Waals surface area contributed by atoms with Crippen molar-refractivity contribution in [1.29, 1.82) is 0 Å². The van der Waals surface area contributed by atoms with Crippen molar-refractivity contribution in [2.45, 2.75) is 39.7 Å². The van der Waals surface area contributed by atoms with Crippen LogP contribution in [-0.2, 0) is 4.74 Å². The highest BCUT2D eigenvalue weighted by atomic mass is 16.5. The fraction of sp³-hybridized carbons (Fsp3) is 0.409. The fourth-order valence-electron chi connectivity index (χ4n) is 3.37. The quantitative estimate of drug-likeness (QED) is 0.766. The average molecular weight is 353 g/mol. The Morgan fingerprint density at radius 3 is 2.77 bits per heavy atom. The smallest absolute Gasteiger partial charge is 0.258 e. The predicted molar refractivity (Wildman–Crippen MR) is 104 cm³/mol. The Labute approximate surface area is 155 Å². The highest BCUT2D eigenvalue weighted by molar-refractivity contribution is 6.06. The Balaban J connectivity index is 1.75. The van der Waals surface area contributed by atoms with E-state index < -0.39 is 0 Å². The first-order chi connectivity index (χ1) is 12.6. The largest absolute Gasteiger partial charge is 0.491 e. The molecule has 0 aliphatic carbocycles. The summed E-state index contributed by atoms with van der Waals surface area (Å²) in [6, 6.07) is 13.6. The number of carbonyl (C=O) groups is 1. The van der Waals surface area contributed by atoms with E-state index in [-0.39, 0.29) is 12.0 Å². The molecular formula is C22H27NO3. The summed E-state index contributed by atoms with van der Waals surface area (Å²) in [7, 11) is 0. The van der Waals surface area contributed by atoms with Crippen LogP contribution in [-0.4, -0.2) is 31.8 Å². The summed E-state index contributed by atoms with van der Waals surface area (Å²) < 4.78 is 11.4. The molecule has 1 atom stereocenters. The third kappa shape index (κ3) is 4.25. The summed E-state index contributed by atoms with van der Waals surface area (Å²) in [5, 5.41) is 0. The molecular weight excluding hydrogens is 326 g/mol. The molecule has 1 saturated heterocycles. The molecule has 1 heterocycles. The van der Waals surface area contributed by atoms with Gasteiger partial charge in [-0.15, -0.1) is 0 Å². The number of carbonyl (C=O) groups excluding carboxylic acids is 1. The van der Waals surface area contributed by atoms with E-state index in [0.29, 0.717) is 24.5 Å². The van der Waals surface area contributed by atoms with E-state index >= 15 is 0 Å². The fourth-order valence-corrected chi connectivity index (χ4v) is 3.37. The molecule has 0 aromatic heterocycles. The van der Waals surface area contributed by atoms with Crippen LogP contribution in [0, 0.1) is 13.8 Å². The van der Waals surface area contributed by atoms with Crippen LogP contribution in [0.3, 0.4) is 0 Å². The molecule has 1 aliphatic rings. The molecule has 1 unspecified atom stereocenters. The van der Waals surface area contributed by atoms with Crippen molar-refractivity contribution in [2.75, 3.05) is 24.7 Å². The van der Waals surface area contributed by atoms with E-state index in [1.165, 1.54) is 5.56 Å². The lowest BCUT2D eigenvalue weighted by Gasteiger charge is -2.23. The number of hydrogen-bond acceptors (Lipinski definition) is 3. The lowest BCUT2D eigenvalue weighted by atomic mass is 10.1. The van der Waals surface area contributed by atoms with Gasteiger partial charge in [0.1, 0.15) is 12.4 Å². The third-order valence-corrected chi connectivity index (χ3v) is 4.75. The standard InChI is InChI=1S/C22H27NO3/c1-4-23(21-11-10-16(2)13-17(21)3)22(24)18-7-5-8-19(14-18)26-15-20-9-6-12-25-20/h5,7-8,10-11,13-14,20H,4,6,9,12,15H2,1-3H3. The second-order valence-corrected chi connectivity index (χ2v) is 6.81. The summed E-state index contributed by atoms with van der Waals surface area (Å²) in [6.07, 6.45) is 2.29. The summed E-state index contributed by atoms with van der Waals surface area (Å²) in [5.41, 5.74) is 3.88. The van der Waals surface area contributed by atoms with Crippen molar-refractivity contribution in [2.24, 2.45) is 0 Å². The Bertz CT molecular complexity index is 766. The Hall–Kier alpha value is -2.33. The predicted octanol–water partition coefficient (Wildman–Crippen LogP) is 4.53. The Morgan fingerprint density at radius 1 is 1.23 bits per heavy atom. The minimum Gasteiger partial charge on any atom is -0.491 e. The van der Waals surface area contributed by atoms with E-state index in [2.05, 4.69) is 13.0 Å². The SMILES string of the molecule is CCN(C(=O)c1cccc(OCC2CCCO2)c1)c1ccc(C)cc1C. The summed E-state index contributed by atoms with van der Waals surface area (Å²) >= 11 is 0. The molecule has 1 amide bonds. The molecule has 0 saturated carbocycles. The van der Waals surface area contributed by atoms with Gasteiger partial charge in [0.15, 0.2) is 0 Å². The van der Waals surface area contributed by atoms with E-state index in [9.17, 15) is 4.79 Å². The van der Waals surface area contributed by atoms with Gasteiger partial charge in [0.2, 0.25) is 0 Å². The van der Waals surface area contributed by atoms with Gasteiger partial charge in [0, 0.05) is 24.4 Å². The molecule has 2 aromatic rings. The first kappa shape index (κ1) is 18.5. The van der Waals surface area contributed by atoms with Crippen molar-refractivity contribution in [3.63, 3.8) is 0 Å². The normalized spacial score (nSPS) is 16.5. The monoisotopic (exact) mass is 353 g/mol. The van der Waals surface area contributed by atoms with Gasteiger partial charge in [0.05, 0.1) is 6.10 Å². The highest BCUT2D eigenvalue weighted by Crippen LogP contribution is 2.24. The number of amides is 1. The second-order valence-electron chi connectivity index (χ2n) is 6.81. The maximum absolute atomic E-state index is 13.1. The molecule has 4 nitrogen and oxygen atoms in total. The van der Waals surface area contributed by atoms with Crippen molar-refractivity contribution >= 4 is 11.6 Å². The summed E-state index contributed by atoms with van der Waals surface area (Å²) in [4.78, 5) is 14.9. The molecule has 1 aliphatic heterocycles. The van der Waals surface area contributed by atoms with Gasteiger partial charge in [-0.2, -0.15) is 0 Å². The number of rotatable bonds is 6. The zero-order chi connectivity index (χ0) is 18.5. The van der Waals surface area contributed by atoms with E-state index in [0.717, 1.165) is 30.7 Å². The lowest BCUT2D eigenvalue weighted by Crippen LogP contribution is -2.31. The number of nitrogens with zero attached hydrogens (tertiary/aromatic N) is 1. The number of ether oxygens (including phenoxy) is 2. The molecule has 138 valence electrons. The Kier molecular flexibility index (Phi) is 5.94. The van der Waals surface area contributed by atoms with Gasteiger partial charge in [-0.1, -0.05) is 23.8 Å². The van der Waals surface area contributed by atoms with Crippen LogP contribution < -0.4 is 9.64 Å². The minimum absolute atomic E-state index is 0.0120. The van der Waals surface area contributed by atoms with Gasteiger partial charge < -0.3 is 14.4 Å². The Morgan fingerprint density at radius 2 is 2.08 bits per heavy atom. The van der Waals surface area contributed by atoms with Crippen molar-refractivity contribution in [3.8, 4) is 5.75 Å². The van der Waals surface area contributed by atoms with Gasteiger partial charge in [-0.05, 0) is 63.4 Å². The van der Waals surface area contributed by atoms with E-state index in [1.807, 2.05) is 55.1 Å². The van der Waals surface area contributed by atoms with Crippen LogP contribution in [0.25, 0.3) is 0 Å². The molecule has 0 bridgehead atoms. The number of benzene rings is 2. The summed E-state index contributed by atoms with van der Waals surface area (Å²) in [5.74, 6) is 0.699. The van der Waals surface area contributed by atoms with Crippen molar-refractivity contribution < 1.29 is 14.3 Å². The summed E-state index contributed by atoms with van der Waals surface area (Å²) in [6.45, 7) is 8.06. The zero-order valence-electron chi connectivity index (χ0n) is 15.8. The van der Waals surface area contributed by atoms with Crippen molar-refractivity contribution in [1.82, 2.24) is 0 Å². The third-order valence-electron chi connectivity index (χ3n) is 4.75. The molecule has 3 rings (SSSR count). The maximum Gasteiger partial charge on any atom is 0.258 e. The lowest BCUT2D eigenvalue weighted by molar-refractivity contribution is 0.0679. The van der Waals surface area contributed by atoms with Gasteiger partial charge in [-0.3, -0.25) is 4.79 Å². The van der Waals surface area contributed by atoms with Crippen LogP contribution in [0.4, 0.5) is 5.69 Å². The number of hydrogen-bond donors (Lipinski definition) is 0. The molecule has 26 heavy (non-hydrogen) atoms. The number of anilines is 1. The first-order valence-electron chi connectivity index (χ1n) is 9.32. The molecule has 0 spiro atoms. The van der Waals surface area contributed by atoms with E-state index in [1.54, 1.807) is 0 Å². The molecule has 4 heteroatoms. The second kappa shape index (κ2) is 8.37. The molecule has 1 fully saturated rings. The van der Waals surface area contributed by atoms with Crippen molar-refractivity contribution in [3.05, 3.63) is 59.2 Å². The maximum atomic E-state index is 13.1. The van der Waals surface area contributed by atoms with Crippen LogP contribution in [0.1, 0.15) is 41.3 Å². The highest BCUT2D eigenvalue weighted by Gasteiger charge is 2.19. The average Bonchev–Trinajstić information content (AvgIpc) is 3.16. The first-order valence-corrected chi connectivity index (χ1v) is 9.32.